The maximum Gasteiger partial charge on any atom is 0.137 e. The van der Waals surface area contributed by atoms with Crippen molar-refractivity contribution in [3.8, 4) is 5.75 Å². The average Bonchev–Trinajstić information content (AvgIpc) is 2.93. The minimum Gasteiger partial charge on any atom is -0.497 e. The van der Waals surface area contributed by atoms with Gasteiger partial charge in [0.15, 0.2) is 0 Å². The number of nitrogens with zero attached hydrogens (tertiary/aromatic N) is 2. The maximum atomic E-state index is 9.86. The Morgan fingerprint density at radius 1 is 1.32 bits per heavy atom. The van der Waals surface area contributed by atoms with Crippen LogP contribution in [0.15, 0.2) is 36.7 Å². The van der Waals surface area contributed by atoms with E-state index in [4.69, 9.17) is 4.74 Å². The van der Waals surface area contributed by atoms with Crippen LogP contribution in [0, 0.1) is 0 Å². The van der Waals surface area contributed by atoms with E-state index in [9.17, 15) is 5.11 Å². The van der Waals surface area contributed by atoms with E-state index in [0.29, 0.717) is 6.42 Å². The van der Waals surface area contributed by atoms with E-state index in [2.05, 4.69) is 17.1 Å². The summed E-state index contributed by atoms with van der Waals surface area (Å²) in [5.74, 6) is 1.62. The topological polar surface area (TPSA) is 47.3 Å². The zero-order valence-corrected chi connectivity index (χ0v) is 11.4. The van der Waals surface area contributed by atoms with Gasteiger partial charge in [0, 0.05) is 18.9 Å². The van der Waals surface area contributed by atoms with Gasteiger partial charge in [0.2, 0.25) is 0 Å². The highest BCUT2D eigenvalue weighted by molar-refractivity contribution is 5.27. The molecule has 2 rings (SSSR count). The SMILES string of the molecule is CCC(O)c1nccn1CCc1ccc(OC)cc1. The van der Waals surface area contributed by atoms with Gasteiger partial charge in [-0.15, -0.1) is 0 Å². The van der Waals surface area contributed by atoms with E-state index in [1.165, 1.54) is 5.56 Å². The van der Waals surface area contributed by atoms with Gasteiger partial charge < -0.3 is 14.4 Å². The predicted octanol–water partition coefficient (Wildman–Crippen LogP) is 2.58. The summed E-state index contributed by atoms with van der Waals surface area (Å²) < 4.78 is 7.15. The van der Waals surface area contributed by atoms with Crippen LogP contribution in [0.1, 0.15) is 30.8 Å². The fraction of sp³-hybridized carbons (Fsp3) is 0.400. The van der Waals surface area contributed by atoms with Gasteiger partial charge in [0.25, 0.3) is 0 Å². The van der Waals surface area contributed by atoms with Crippen molar-refractivity contribution in [1.29, 1.82) is 0 Å². The second kappa shape index (κ2) is 6.38. The van der Waals surface area contributed by atoms with E-state index in [1.54, 1.807) is 13.3 Å². The summed E-state index contributed by atoms with van der Waals surface area (Å²) in [5.41, 5.74) is 1.24. The molecule has 0 bridgehead atoms. The smallest absolute Gasteiger partial charge is 0.137 e. The number of imidazole rings is 1. The van der Waals surface area contributed by atoms with Gasteiger partial charge in [-0.2, -0.15) is 0 Å². The molecule has 0 fully saturated rings. The van der Waals surface area contributed by atoms with Crippen molar-refractivity contribution in [2.75, 3.05) is 7.11 Å². The molecule has 102 valence electrons. The maximum absolute atomic E-state index is 9.86. The van der Waals surface area contributed by atoms with Crippen molar-refractivity contribution in [2.45, 2.75) is 32.4 Å². The minimum atomic E-state index is -0.481. The molecule has 1 unspecified atom stereocenters. The number of hydrogen-bond donors (Lipinski definition) is 1. The Morgan fingerprint density at radius 3 is 2.68 bits per heavy atom. The fourth-order valence-corrected chi connectivity index (χ4v) is 2.03. The molecule has 1 heterocycles. The van der Waals surface area contributed by atoms with E-state index in [1.807, 2.05) is 29.8 Å². The second-order valence-corrected chi connectivity index (χ2v) is 4.50. The lowest BCUT2D eigenvalue weighted by Gasteiger charge is -2.11. The lowest BCUT2D eigenvalue weighted by molar-refractivity contribution is 0.159. The third kappa shape index (κ3) is 3.35. The standard InChI is InChI=1S/C15H20N2O2/c1-3-14(18)15-16-9-11-17(15)10-8-12-4-6-13(19-2)7-5-12/h4-7,9,11,14,18H,3,8,10H2,1-2H3. The Hall–Kier alpha value is -1.81. The van der Waals surface area contributed by atoms with Gasteiger partial charge in [-0.05, 0) is 30.5 Å². The molecule has 0 saturated heterocycles. The molecule has 0 aliphatic rings. The molecule has 1 aromatic heterocycles. The van der Waals surface area contributed by atoms with Crippen LogP contribution in [0.3, 0.4) is 0 Å². The van der Waals surface area contributed by atoms with Crippen LogP contribution < -0.4 is 4.74 Å². The summed E-state index contributed by atoms with van der Waals surface area (Å²) in [4.78, 5) is 4.22. The summed E-state index contributed by atoms with van der Waals surface area (Å²) in [6.45, 7) is 2.77. The lowest BCUT2D eigenvalue weighted by atomic mass is 10.1. The van der Waals surface area contributed by atoms with Crippen molar-refractivity contribution in [1.82, 2.24) is 9.55 Å². The Kier molecular flexibility index (Phi) is 4.58. The molecule has 0 aliphatic carbocycles. The van der Waals surface area contributed by atoms with Gasteiger partial charge in [0.05, 0.1) is 7.11 Å². The van der Waals surface area contributed by atoms with Crippen LogP contribution in [-0.2, 0) is 13.0 Å². The van der Waals surface area contributed by atoms with Crippen LogP contribution in [0.5, 0.6) is 5.75 Å². The summed E-state index contributed by atoms with van der Waals surface area (Å²) in [5, 5.41) is 9.86. The summed E-state index contributed by atoms with van der Waals surface area (Å²) >= 11 is 0. The van der Waals surface area contributed by atoms with Crippen molar-refractivity contribution in [3.05, 3.63) is 48.0 Å². The first-order valence-electron chi connectivity index (χ1n) is 6.56. The molecular weight excluding hydrogens is 240 g/mol. The molecule has 1 N–H and O–H groups in total. The molecule has 2 aromatic rings. The number of aryl methyl sites for hydroxylation is 2. The highest BCUT2D eigenvalue weighted by Gasteiger charge is 2.11. The Balaban J connectivity index is 2.00. The summed E-state index contributed by atoms with van der Waals surface area (Å²) in [6.07, 6.45) is 4.76. The number of aromatic nitrogens is 2. The molecule has 4 heteroatoms. The molecule has 0 amide bonds. The number of methoxy groups -OCH3 is 1. The summed E-state index contributed by atoms with van der Waals surface area (Å²) in [6, 6.07) is 8.05. The van der Waals surface area contributed by atoms with Crippen LogP contribution in [0.25, 0.3) is 0 Å². The fourth-order valence-electron chi connectivity index (χ4n) is 2.03. The molecule has 1 atom stereocenters. The Bertz CT molecular complexity index is 505. The van der Waals surface area contributed by atoms with Crippen LogP contribution in [0.4, 0.5) is 0 Å². The number of hydrogen-bond acceptors (Lipinski definition) is 3. The van der Waals surface area contributed by atoms with Gasteiger partial charge in [-0.3, -0.25) is 0 Å². The average molecular weight is 260 g/mol. The molecule has 19 heavy (non-hydrogen) atoms. The number of benzene rings is 1. The van der Waals surface area contributed by atoms with E-state index in [0.717, 1.165) is 24.5 Å². The van der Waals surface area contributed by atoms with E-state index < -0.39 is 6.10 Å². The largest absolute Gasteiger partial charge is 0.497 e. The molecule has 0 saturated carbocycles. The van der Waals surface area contributed by atoms with Crippen molar-refractivity contribution >= 4 is 0 Å². The molecule has 4 nitrogen and oxygen atoms in total. The van der Waals surface area contributed by atoms with Crippen LogP contribution in [-0.4, -0.2) is 21.8 Å². The van der Waals surface area contributed by atoms with Gasteiger partial charge >= 0.3 is 0 Å². The number of ether oxygens (including phenoxy) is 1. The van der Waals surface area contributed by atoms with E-state index >= 15 is 0 Å². The van der Waals surface area contributed by atoms with Crippen molar-refractivity contribution in [2.24, 2.45) is 0 Å². The van der Waals surface area contributed by atoms with Crippen molar-refractivity contribution < 1.29 is 9.84 Å². The molecule has 0 aliphatic heterocycles. The first kappa shape index (κ1) is 13.6. The predicted molar refractivity (Wildman–Crippen MR) is 74.2 cm³/mol. The first-order valence-corrected chi connectivity index (χ1v) is 6.56. The third-order valence-electron chi connectivity index (χ3n) is 3.23. The second-order valence-electron chi connectivity index (χ2n) is 4.50. The Morgan fingerprint density at radius 2 is 2.05 bits per heavy atom. The van der Waals surface area contributed by atoms with Crippen LogP contribution >= 0.6 is 0 Å². The quantitative estimate of drug-likeness (QED) is 0.868. The third-order valence-corrected chi connectivity index (χ3v) is 3.23. The lowest BCUT2D eigenvalue weighted by Crippen LogP contribution is -2.09. The summed E-state index contributed by atoms with van der Waals surface area (Å²) in [7, 11) is 1.67. The Labute approximate surface area is 113 Å². The van der Waals surface area contributed by atoms with Gasteiger partial charge in [-0.1, -0.05) is 19.1 Å². The molecule has 0 radical (unpaired) electrons. The monoisotopic (exact) mass is 260 g/mol. The van der Waals surface area contributed by atoms with Crippen LogP contribution in [0.2, 0.25) is 0 Å². The zero-order chi connectivity index (χ0) is 13.7. The van der Waals surface area contributed by atoms with Gasteiger partial charge in [0.1, 0.15) is 17.7 Å². The highest BCUT2D eigenvalue weighted by Crippen LogP contribution is 2.16. The molecule has 0 spiro atoms. The number of rotatable bonds is 6. The minimum absolute atomic E-state index is 0.481. The van der Waals surface area contributed by atoms with E-state index in [-0.39, 0.29) is 0 Å². The number of aliphatic hydroxyl groups excluding tert-OH is 1. The highest BCUT2D eigenvalue weighted by atomic mass is 16.5. The molecule has 1 aromatic carbocycles. The molecular formula is C15H20N2O2. The first-order chi connectivity index (χ1) is 9.24. The number of aliphatic hydroxyl groups is 1. The van der Waals surface area contributed by atoms with Crippen molar-refractivity contribution in [3.63, 3.8) is 0 Å². The van der Waals surface area contributed by atoms with Gasteiger partial charge in [-0.25, -0.2) is 4.98 Å². The zero-order valence-electron chi connectivity index (χ0n) is 11.4. The normalized spacial score (nSPS) is 12.4.